The lowest BCUT2D eigenvalue weighted by Gasteiger charge is -2.26. The van der Waals surface area contributed by atoms with E-state index in [2.05, 4.69) is 10.0 Å². The minimum absolute atomic E-state index is 0.142. The highest BCUT2D eigenvalue weighted by atomic mass is 32.2. The maximum Gasteiger partial charge on any atom is 0.208 e. The molecular formula is C12H24N2O2S2. The summed E-state index contributed by atoms with van der Waals surface area (Å²) in [6.45, 7) is 0.957. The van der Waals surface area contributed by atoms with Crippen LogP contribution in [0.15, 0.2) is 0 Å². The van der Waals surface area contributed by atoms with E-state index < -0.39 is 10.0 Å². The second-order valence-electron chi connectivity index (χ2n) is 5.51. The lowest BCUT2D eigenvalue weighted by atomic mass is 10.0. The van der Waals surface area contributed by atoms with Gasteiger partial charge in [0.2, 0.25) is 10.0 Å². The Hall–Kier alpha value is 0.220. The van der Waals surface area contributed by atoms with Crippen molar-refractivity contribution < 1.29 is 8.42 Å². The van der Waals surface area contributed by atoms with Crippen LogP contribution in [0.2, 0.25) is 0 Å². The van der Waals surface area contributed by atoms with Crippen molar-refractivity contribution in [1.82, 2.24) is 10.0 Å². The molecular weight excluding hydrogens is 268 g/mol. The highest BCUT2D eigenvalue weighted by Gasteiger charge is 2.29. The molecule has 18 heavy (non-hydrogen) atoms. The number of sulfonamides is 1. The maximum atomic E-state index is 11.3. The summed E-state index contributed by atoms with van der Waals surface area (Å²) in [5.74, 6) is 2.96. The van der Waals surface area contributed by atoms with E-state index in [1.165, 1.54) is 30.6 Å². The van der Waals surface area contributed by atoms with Crippen LogP contribution in [0.5, 0.6) is 0 Å². The summed E-state index contributed by atoms with van der Waals surface area (Å²) >= 11 is 2.02. The highest BCUT2D eigenvalue weighted by Crippen LogP contribution is 2.26. The monoisotopic (exact) mass is 292 g/mol. The van der Waals surface area contributed by atoms with E-state index in [4.69, 9.17) is 0 Å². The van der Waals surface area contributed by atoms with E-state index in [1.807, 2.05) is 11.8 Å². The normalized spacial score (nSPS) is 33.7. The quantitative estimate of drug-likeness (QED) is 0.799. The molecule has 0 aromatic carbocycles. The Morgan fingerprint density at radius 3 is 2.72 bits per heavy atom. The molecule has 1 saturated heterocycles. The van der Waals surface area contributed by atoms with Gasteiger partial charge in [-0.05, 0) is 43.9 Å². The summed E-state index contributed by atoms with van der Waals surface area (Å²) in [5.41, 5.74) is 0. The Kier molecular flexibility index (Phi) is 5.35. The van der Waals surface area contributed by atoms with E-state index in [0.717, 1.165) is 25.8 Å². The Morgan fingerprint density at radius 2 is 2.06 bits per heavy atom. The molecule has 6 heteroatoms. The van der Waals surface area contributed by atoms with Crippen LogP contribution >= 0.6 is 11.8 Å². The van der Waals surface area contributed by atoms with Crippen molar-refractivity contribution in [3.05, 3.63) is 0 Å². The van der Waals surface area contributed by atoms with Crippen molar-refractivity contribution in [3.8, 4) is 0 Å². The smallest absolute Gasteiger partial charge is 0.208 e. The summed E-state index contributed by atoms with van der Waals surface area (Å²) in [6, 6.07) is 0.770. The number of rotatable bonds is 5. The zero-order valence-corrected chi connectivity index (χ0v) is 12.7. The zero-order valence-electron chi connectivity index (χ0n) is 11.0. The van der Waals surface area contributed by atoms with Gasteiger partial charge in [0, 0.05) is 17.8 Å². The van der Waals surface area contributed by atoms with Crippen LogP contribution in [-0.2, 0) is 10.0 Å². The number of hydrogen-bond acceptors (Lipinski definition) is 4. The average molecular weight is 292 g/mol. The van der Waals surface area contributed by atoms with Crippen LogP contribution in [0, 0.1) is 5.92 Å². The molecule has 0 aromatic heterocycles. The predicted octanol–water partition coefficient (Wildman–Crippen LogP) is 1.19. The molecule has 2 rings (SSSR count). The molecule has 0 spiro atoms. The Morgan fingerprint density at radius 1 is 1.22 bits per heavy atom. The van der Waals surface area contributed by atoms with Crippen LogP contribution in [-0.4, -0.2) is 44.8 Å². The number of thioether (sulfide) groups is 1. The summed E-state index contributed by atoms with van der Waals surface area (Å²) in [6.07, 6.45) is 7.09. The first-order valence-electron chi connectivity index (χ1n) is 6.83. The van der Waals surface area contributed by atoms with Crippen molar-refractivity contribution in [2.75, 3.05) is 24.3 Å². The molecule has 2 fully saturated rings. The molecule has 1 aliphatic heterocycles. The van der Waals surface area contributed by atoms with E-state index >= 15 is 0 Å². The fourth-order valence-corrected chi connectivity index (χ4v) is 4.90. The van der Waals surface area contributed by atoms with Crippen LogP contribution in [0.4, 0.5) is 0 Å². The predicted molar refractivity (Wildman–Crippen MR) is 77.5 cm³/mol. The van der Waals surface area contributed by atoms with E-state index in [1.54, 1.807) is 0 Å². The van der Waals surface area contributed by atoms with Crippen molar-refractivity contribution >= 4 is 21.8 Å². The molecule has 4 nitrogen and oxygen atoms in total. The zero-order chi connectivity index (χ0) is 13.0. The molecule has 2 N–H and O–H groups in total. The van der Waals surface area contributed by atoms with Gasteiger partial charge in [0.25, 0.3) is 0 Å². The van der Waals surface area contributed by atoms with Crippen LogP contribution in [0.1, 0.15) is 32.1 Å². The summed E-state index contributed by atoms with van der Waals surface area (Å²) in [7, 11) is -3.07. The van der Waals surface area contributed by atoms with Crippen molar-refractivity contribution in [2.45, 2.75) is 44.2 Å². The summed E-state index contributed by atoms with van der Waals surface area (Å²) in [4.78, 5) is 0. The third kappa shape index (κ3) is 4.72. The SMILES string of the molecule is CS(=O)(=O)N[C@@H]1CCC[C@@H]1CN[C@H]1CCCSC1. The van der Waals surface area contributed by atoms with Gasteiger partial charge in [-0.2, -0.15) is 11.8 Å². The van der Waals surface area contributed by atoms with Gasteiger partial charge < -0.3 is 5.32 Å². The van der Waals surface area contributed by atoms with Crippen LogP contribution < -0.4 is 10.0 Å². The minimum atomic E-state index is -3.07. The van der Waals surface area contributed by atoms with Crippen LogP contribution in [0.3, 0.4) is 0 Å². The van der Waals surface area contributed by atoms with E-state index in [0.29, 0.717) is 12.0 Å². The Bertz CT molecular complexity index is 353. The molecule has 1 saturated carbocycles. The largest absolute Gasteiger partial charge is 0.313 e. The molecule has 2 aliphatic rings. The van der Waals surface area contributed by atoms with E-state index in [9.17, 15) is 8.42 Å². The number of hydrogen-bond donors (Lipinski definition) is 2. The second kappa shape index (κ2) is 6.59. The summed E-state index contributed by atoms with van der Waals surface area (Å²) in [5, 5.41) is 3.62. The summed E-state index contributed by atoms with van der Waals surface area (Å²) < 4.78 is 25.4. The molecule has 0 bridgehead atoms. The van der Waals surface area contributed by atoms with Gasteiger partial charge in [-0.15, -0.1) is 0 Å². The number of nitrogens with one attached hydrogen (secondary N) is 2. The van der Waals surface area contributed by atoms with Gasteiger partial charge >= 0.3 is 0 Å². The lowest BCUT2D eigenvalue weighted by molar-refractivity contribution is 0.386. The first-order chi connectivity index (χ1) is 8.54. The van der Waals surface area contributed by atoms with Crippen molar-refractivity contribution in [3.63, 3.8) is 0 Å². The van der Waals surface area contributed by atoms with Crippen molar-refractivity contribution in [2.24, 2.45) is 5.92 Å². The molecule has 1 aliphatic carbocycles. The Labute approximate surface area is 115 Å². The van der Waals surface area contributed by atoms with Gasteiger partial charge in [-0.25, -0.2) is 13.1 Å². The molecule has 1 heterocycles. The molecule has 0 radical (unpaired) electrons. The topological polar surface area (TPSA) is 58.2 Å². The van der Waals surface area contributed by atoms with Crippen LogP contribution in [0.25, 0.3) is 0 Å². The standard InChI is InChI=1S/C12H24N2O2S2/c1-18(15,16)14-12-6-2-4-10(12)8-13-11-5-3-7-17-9-11/h10-14H,2-9H2,1H3/t10-,11+,12-/m1/s1. The molecule has 0 amide bonds. The van der Waals surface area contributed by atoms with Gasteiger partial charge in [-0.3, -0.25) is 0 Å². The molecule has 3 atom stereocenters. The molecule has 106 valence electrons. The first-order valence-corrected chi connectivity index (χ1v) is 9.87. The van der Waals surface area contributed by atoms with Crippen molar-refractivity contribution in [1.29, 1.82) is 0 Å². The fraction of sp³-hybridized carbons (Fsp3) is 1.00. The maximum absolute atomic E-state index is 11.3. The average Bonchev–Trinajstić information content (AvgIpc) is 2.73. The van der Waals surface area contributed by atoms with Gasteiger partial charge in [0.1, 0.15) is 0 Å². The first kappa shape index (κ1) is 14.6. The lowest BCUT2D eigenvalue weighted by Crippen LogP contribution is -2.43. The third-order valence-electron chi connectivity index (χ3n) is 3.85. The van der Waals surface area contributed by atoms with E-state index in [-0.39, 0.29) is 6.04 Å². The van der Waals surface area contributed by atoms with Gasteiger partial charge in [0.15, 0.2) is 0 Å². The van der Waals surface area contributed by atoms with Gasteiger partial charge in [-0.1, -0.05) is 6.42 Å². The fourth-order valence-electron chi connectivity index (χ4n) is 2.93. The molecule has 0 unspecified atom stereocenters. The second-order valence-corrected chi connectivity index (χ2v) is 8.44. The molecule has 0 aromatic rings. The minimum Gasteiger partial charge on any atom is -0.313 e. The highest BCUT2D eigenvalue weighted by molar-refractivity contribution is 7.99. The Balaban J connectivity index is 1.77. The van der Waals surface area contributed by atoms with Gasteiger partial charge in [0.05, 0.1) is 6.26 Å². The third-order valence-corrected chi connectivity index (χ3v) is 5.80.